The molecule has 1 aliphatic rings. The van der Waals surface area contributed by atoms with E-state index < -0.39 is 0 Å². The molecule has 0 amide bonds. The summed E-state index contributed by atoms with van der Waals surface area (Å²) in [6.45, 7) is 3.17. The third kappa shape index (κ3) is 1.87. The van der Waals surface area contributed by atoms with E-state index in [1.54, 1.807) is 0 Å². The molecular formula is C7H15NS. The molecule has 1 saturated heterocycles. The van der Waals surface area contributed by atoms with Gasteiger partial charge in [0.2, 0.25) is 0 Å². The molecule has 0 aromatic heterocycles. The molecule has 0 spiro atoms. The summed E-state index contributed by atoms with van der Waals surface area (Å²) in [5, 5.41) is 0.938. The Labute approximate surface area is 61.4 Å². The summed E-state index contributed by atoms with van der Waals surface area (Å²) in [6.07, 6.45) is 2.63. The summed E-state index contributed by atoms with van der Waals surface area (Å²) in [5.41, 5.74) is 5.44. The lowest BCUT2D eigenvalue weighted by Gasteiger charge is -2.30. The molecule has 0 aromatic rings. The zero-order valence-corrected chi connectivity index (χ0v) is 6.79. The largest absolute Gasteiger partial charge is 0.330 e. The second kappa shape index (κ2) is 3.47. The highest BCUT2D eigenvalue weighted by atomic mass is 32.2. The van der Waals surface area contributed by atoms with Crippen molar-refractivity contribution in [3.05, 3.63) is 0 Å². The Bertz CT molecular complexity index is 81.0. The lowest BCUT2D eigenvalue weighted by atomic mass is 10.0. The molecule has 0 bridgehead atoms. The van der Waals surface area contributed by atoms with Crippen LogP contribution in [0.3, 0.4) is 0 Å². The molecule has 0 radical (unpaired) electrons. The van der Waals surface area contributed by atoms with Crippen molar-refractivity contribution < 1.29 is 0 Å². The van der Waals surface area contributed by atoms with Gasteiger partial charge in [-0.2, -0.15) is 11.8 Å². The lowest BCUT2D eigenvalue weighted by molar-refractivity contribution is 0.493. The van der Waals surface area contributed by atoms with Crippen molar-refractivity contribution in [2.45, 2.75) is 25.0 Å². The van der Waals surface area contributed by atoms with Crippen molar-refractivity contribution in [2.24, 2.45) is 11.7 Å². The van der Waals surface area contributed by atoms with Crippen molar-refractivity contribution in [3.8, 4) is 0 Å². The van der Waals surface area contributed by atoms with E-state index in [2.05, 4.69) is 18.7 Å². The van der Waals surface area contributed by atoms with Crippen LogP contribution < -0.4 is 5.73 Å². The molecule has 2 atom stereocenters. The zero-order valence-electron chi connectivity index (χ0n) is 5.97. The topological polar surface area (TPSA) is 26.0 Å². The second-order valence-electron chi connectivity index (χ2n) is 2.75. The van der Waals surface area contributed by atoms with Crippen LogP contribution in [0, 0.1) is 5.92 Å². The molecular weight excluding hydrogens is 130 g/mol. The van der Waals surface area contributed by atoms with Crippen molar-refractivity contribution in [3.63, 3.8) is 0 Å². The van der Waals surface area contributed by atoms with Gasteiger partial charge in [0.05, 0.1) is 0 Å². The zero-order chi connectivity index (χ0) is 6.69. The molecule has 2 N–H and O–H groups in total. The lowest BCUT2D eigenvalue weighted by Crippen LogP contribution is -2.25. The van der Waals surface area contributed by atoms with Gasteiger partial charge in [-0.3, -0.25) is 0 Å². The molecule has 1 heterocycles. The number of nitrogens with two attached hydrogens (primary N) is 1. The van der Waals surface area contributed by atoms with Gasteiger partial charge in [-0.05, 0) is 31.1 Å². The Morgan fingerprint density at radius 2 is 2.44 bits per heavy atom. The van der Waals surface area contributed by atoms with E-state index >= 15 is 0 Å². The van der Waals surface area contributed by atoms with Crippen LogP contribution >= 0.6 is 11.8 Å². The highest BCUT2D eigenvalue weighted by Crippen LogP contribution is 2.34. The van der Waals surface area contributed by atoms with Crippen LogP contribution in [0.2, 0.25) is 0 Å². The number of rotatable bonds is 3. The molecule has 2 unspecified atom stereocenters. The third-order valence-electron chi connectivity index (χ3n) is 1.99. The number of hydrogen-bond donors (Lipinski definition) is 1. The van der Waals surface area contributed by atoms with E-state index in [0.717, 1.165) is 17.7 Å². The van der Waals surface area contributed by atoms with Crippen molar-refractivity contribution >= 4 is 11.8 Å². The fourth-order valence-corrected chi connectivity index (χ4v) is 2.12. The molecule has 0 aliphatic carbocycles. The van der Waals surface area contributed by atoms with Crippen molar-refractivity contribution in [2.75, 3.05) is 12.3 Å². The molecule has 2 heteroatoms. The maximum absolute atomic E-state index is 5.44. The smallest absolute Gasteiger partial charge is 0.00810 e. The Morgan fingerprint density at radius 3 is 2.78 bits per heavy atom. The first kappa shape index (κ1) is 7.42. The van der Waals surface area contributed by atoms with Gasteiger partial charge >= 0.3 is 0 Å². The molecule has 1 aliphatic heterocycles. The van der Waals surface area contributed by atoms with Crippen LogP contribution in [0.4, 0.5) is 0 Å². The molecule has 9 heavy (non-hydrogen) atoms. The maximum Gasteiger partial charge on any atom is 0.00810 e. The second-order valence-corrected chi connectivity index (χ2v) is 4.10. The maximum atomic E-state index is 5.44. The van der Waals surface area contributed by atoms with Gasteiger partial charge in [0, 0.05) is 5.25 Å². The molecule has 1 fully saturated rings. The average Bonchev–Trinajstić information content (AvgIpc) is 1.60. The van der Waals surface area contributed by atoms with Crippen LogP contribution in [-0.2, 0) is 0 Å². The first-order valence-corrected chi connectivity index (χ1v) is 4.71. The van der Waals surface area contributed by atoms with Gasteiger partial charge in [0.15, 0.2) is 0 Å². The Kier molecular flexibility index (Phi) is 2.86. The van der Waals surface area contributed by atoms with Crippen LogP contribution in [-0.4, -0.2) is 17.5 Å². The highest BCUT2D eigenvalue weighted by Gasteiger charge is 2.23. The summed E-state index contributed by atoms with van der Waals surface area (Å²) in [6, 6.07) is 0. The monoisotopic (exact) mass is 145 g/mol. The minimum Gasteiger partial charge on any atom is -0.330 e. The number of hydrogen-bond acceptors (Lipinski definition) is 2. The summed E-state index contributed by atoms with van der Waals surface area (Å²) < 4.78 is 0. The first-order chi connectivity index (χ1) is 4.34. The van der Waals surface area contributed by atoms with Gasteiger partial charge < -0.3 is 5.73 Å². The minimum atomic E-state index is 0.855. The fraction of sp³-hybridized carbons (Fsp3) is 1.00. The summed E-state index contributed by atoms with van der Waals surface area (Å²) in [5.74, 6) is 2.23. The fourth-order valence-electron chi connectivity index (χ4n) is 1.15. The van der Waals surface area contributed by atoms with Gasteiger partial charge in [0.25, 0.3) is 0 Å². The standard InChI is InChI=1S/C7H15NS/c1-6(2-4-8)7-3-5-9-7/h6-7H,2-5,8H2,1H3. The van der Waals surface area contributed by atoms with Gasteiger partial charge in [-0.1, -0.05) is 6.92 Å². The van der Waals surface area contributed by atoms with E-state index in [-0.39, 0.29) is 0 Å². The van der Waals surface area contributed by atoms with Gasteiger partial charge in [-0.15, -0.1) is 0 Å². The predicted molar refractivity (Wildman–Crippen MR) is 43.7 cm³/mol. The molecule has 1 nitrogen and oxygen atoms in total. The highest BCUT2D eigenvalue weighted by molar-refractivity contribution is 8.01. The van der Waals surface area contributed by atoms with Crippen molar-refractivity contribution in [1.82, 2.24) is 0 Å². The Balaban J connectivity index is 2.08. The molecule has 1 rings (SSSR count). The normalized spacial score (nSPS) is 29.3. The van der Waals surface area contributed by atoms with E-state index in [9.17, 15) is 0 Å². The summed E-state index contributed by atoms with van der Waals surface area (Å²) in [7, 11) is 0. The van der Waals surface area contributed by atoms with Gasteiger partial charge in [0.1, 0.15) is 0 Å². The van der Waals surface area contributed by atoms with E-state index in [1.807, 2.05) is 0 Å². The third-order valence-corrected chi connectivity index (χ3v) is 3.59. The average molecular weight is 145 g/mol. The molecule has 0 saturated carbocycles. The summed E-state index contributed by atoms with van der Waals surface area (Å²) in [4.78, 5) is 0. The molecule has 54 valence electrons. The minimum absolute atomic E-state index is 0.855. The van der Waals surface area contributed by atoms with E-state index in [1.165, 1.54) is 18.6 Å². The summed E-state index contributed by atoms with van der Waals surface area (Å²) >= 11 is 2.10. The number of thioether (sulfide) groups is 1. The van der Waals surface area contributed by atoms with E-state index in [4.69, 9.17) is 5.73 Å². The SMILES string of the molecule is CC(CCN)C1CCS1. The Morgan fingerprint density at radius 1 is 1.78 bits per heavy atom. The predicted octanol–water partition coefficient (Wildman–Crippen LogP) is 1.48. The quantitative estimate of drug-likeness (QED) is 0.651. The van der Waals surface area contributed by atoms with Crippen LogP contribution in [0.15, 0.2) is 0 Å². The molecule has 0 aromatic carbocycles. The Hall–Kier alpha value is 0.310. The van der Waals surface area contributed by atoms with Crippen LogP contribution in [0.5, 0.6) is 0 Å². The van der Waals surface area contributed by atoms with Crippen LogP contribution in [0.1, 0.15) is 19.8 Å². The van der Waals surface area contributed by atoms with E-state index in [0.29, 0.717) is 0 Å². The van der Waals surface area contributed by atoms with Crippen molar-refractivity contribution in [1.29, 1.82) is 0 Å². The van der Waals surface area contributed by atoms with Gasteiger partial charge in [-0.25, -0.2) is 0 Å². The first-order valence-electron chi connectivity index (χ1n) is 3.66. The van der Waals surface area contributed by atoms with Crippen LogP contribution in [0.25, 0.3) is 0 Å².